The average molecular weight is 459 g/mol. The van der Waals surface area contributed by atoms with Crippen LogP contribution in [-0.4, -0.2) is 30.7 Å². The van der Waals surface area contributed by atoms with Crippen LogP contribution in [0.1, 0.15) is 13.8 Å². The van der Waals surface area contributed by atoms with Crippen LogP contribution in [0.5, 0.6) is 11.5 Å². The molecule has 168 valence electrons. The van der Waals surface area contributed by atoms with Gasteiger partial charge in [0.05, 0.1) is 11.5 Å². The van der Waals surface area contributed by atoms with E-state index < -0.39 is 19.8 Å². The second-order valence-electron chi connectivity index (χ2n) is 6.69. The van der Waals surface area contributed by atoms with Crippen molar-refractivity contribution in [3.63, 3.8) is 0 Å². The van der Waals surface area contributed by atoms with Gasteiger partial charge in [-0.3, -0.25) is 4.79 Å². The van der Waals surface area contributed by atoms with Crippen LogP contribution in [0.4, 0.5) is 5.69 Å². The van der Waals surface area contributed by atoms with Crippen molar-refractivity contribution in [3.8, 4) is 11.5 Å². The lowest BCUT2D eigenvalue weighted by Crippen LogP contribution is -2.35. The molecule has 3 aromatic carbocycles. The van der Waals surface area contributed by atoms with Gasteiger partial charge in [0.2, 0.25) is 0 Å². The number of fused-ring (bicyclic) bond motifs is 1. The first-order chi connectivity index (χ1) is 15.3. The molecule has 0 aliphatic heterocycles. The van der Waals surface area contributed by atoms with E-state index in [0.717, 1.165) is 10.8 Å². The minimum absolute atomic E-state index is 0.158. The van der Waals surface area contributed by atoms with E-state index in [-0.39, 0.29) is 18.0 Å². The Bertz CT molecular complexity index is 1150. The lowest BCUT2D eigenvalue weighted by Gasteiger charge is -2.23. The summed E-state index contributed by atoms with van der Waals surface area (Å²) in [7, 11) is -2.88. The van der Waals surface area contributed by atoms with Crippen molar-refractivity contribution in [3.05, 3.63) is 71.6 Å². The quantitative estimate of drug-likeness (QED) is 0.259. The van der Waals surface area contributed by atoms with E-state index in [9.17, 15) is 14.3 Å². The Balaban J connectivity index is 1.92. The number of hydrogen-bond donors (Lipinski definition) is 1. The third kappa shape index (κ3) is 5.63. The Morgan fingerprint density at radius 2 is 1.72 bits per heavy atom. The van der Waals surface area contributed by atoms with Crippen molar-refractivity contribution in [2.45, 2.75) is 19.9 Å². The van der Waals surface area contributed by atoms with E-state index in [1.54, 1.807) is 19.1 Å². The lowest BCUT2D eigenvalue weighted by atomic mass is 10.1. The SMILES string of the molecule is CCOC(=O)C(C)NP(=O)(Oc1ccc([N+](=O)OC)cc1)Oc1cccc2ccccc12. The number of hydrogen-bond acceptors (Lipinski definition) is 7. The molecule has 2 unspecified atom stereocenters. The van der Waals surface area contributed by atoms with Crippen LogP contribution in [-0.2, 0) is 18.9 Å². The molecule has 0 aliphatic rings. The van der Waals surface area contributed by atoms with Crippen molar-refractivity contribution >= 4 is 30.2 Å². The summed E-state index contributed by atoms with van der Waals surface area (Å²) in [6.07, 6.45) is 0. The van der Waals surface area contributed by atoms with E-state index in [1.807, 2.05) is 30.3 Å². The molecule has 32 heavy (non-hydrogen) atoms. The molecule has 0 aliphatic carbocycles. The normalized spacial score (nSPS) is 13.6. The largest absolute Gasteiger partial charge is 0.513 e. The predicted octanol–water partition coefficient (Wildman–Crippen LogP) is 4.92. The Hall–Kier alpha value is -3.42. The number of benzene rings is 3. The molecule has 0 bridgehead atoms. The number of ether oxygens (including phenoxy) is 1. The summed E-state index contributed by atoms with van der Waals surface area (Å²) in [4.78, 5) is 28.6. The zero-order valence-electron chi connectivity index (χ0n) is 17.9. The van der Waals surface area contributed by atoms with Crippen molar-refractivity contribution in [1.29, 1.82) is 0 Å². The maximum absolute atomic E-state index is 13.7. The molecule has 0 heterocycles. The van der Waals surface area contributed by atoms with E-state index in [0.29, 0.717) is 10.7 Å². The van der Waals surface area contributed by atoms with Gasteiger partial charge in [0.15, 0.2) is 7.11 Å². The van der Waals surface area contributed by atoms with Crippen LogP contribution in [0.15, 0.2) is 66.7 Å². The monoisotopic (exact) mass is 459 g/mol. The lowest BCUT2D eigenvalue weighted by molar-refractivity contribution is -0.736. The minimum atomic E-state index is -4.12. The minimum Gasteiger partial charge on any atom is -0.465 e. The van der Waals surface area contributed by atoms with Crippen LogP contribution >= 0.6 is 7.75 Å². The third-order valence-electron chi connectivity index (χ3n) is 4.40. The van der Waals surface area contributed by atoms with Crippen LogP contribution in [0.3, 0.4) is 0 Å². The van der Waals surface area contributed by atoms with E-state index in [4.69, 9.17) is 13.8 Å². The standard InChI is InChI=1S/C22H24N2O7P/c1-4-29-22(25)16(2)23-32(27,30-19-14-12-18(13-15-19)24(26)28-3)31-21-11-7-9-17-8-5-6-10-20(17)21/h5-16H,4H2,1-3H3,(H,23,27)/q+1. The van der Waals surface area contributed by atoms with Gasteiger partial charge < -0.3 is 13.8 Å². The summed E-state index contributed by atoms with van der Waals surface area (Å²) in [6.45, 7) is 3.35. The van der Waals surface area contributed by atoms with Gasteiger partial charge >= 0.3 is 19.4 Å². The van der Waals surface area contributed by atoms with Gasteiger partial charge in [-0.15, -0.1) is 0 Å². The summed E-state index contributed by atoms with van der Waals surface area (Å²) < 4.78 is 30.2. The van der Waals surface area contributed by atoms with Crippen molar-refractivity contribution in [1.82, 2.24) is 5.09 Å². The number of carbonyl (C=O) groups excluding carboxylic acids is 1. The third-order valence-corrected chi connectivity index (χ3v) is 5.99. The Labute approximate surface area is 185 Å². The fourth-order valence-electron chi connectivity index (χ4n) is 2.91. The zero-order valence-corrected chi connectivity index (χ0v) is 18.8. The second-order valence-corrected chi connectivity index (χ2v) is 8.31. The zero-order chi connectivity index (χ0) is 23.1. The predicted molar refractivity (Wildman–Crippen MR) is 119 cm³/mol. The molecule has 3 rings (SSSR count). The molecule has 9 nitrogen and oxygen atoms in total. The van der Waals surface area contributed by atoms with Gasteiger partial charge in [0.25, 0.3) is 4.92 Å². The molecule has 0 spiro atoms. The number of rotatable bonds is 10. The molecule has 0 saturated carbocycles. The molecule has 0 fully saturated rings. The maximum atomic E-state index is 13.7. The summed E-state index contributed by atoms with van der Waals surface area (Å²) in [5, 5.41) is 4.24. The Kier molecular flexibility index (Phi) is 7.45. The summed E-state index contributed by atoms with van der Waals surface area (Å²) in [5.41, 5.74) is 0.220. The molecule has 10 heteroatoms. The van der Waals surface area contributed by atoms with E-state index >= 15 is 0 Å². The smallest absolute Gasteiger partial charge is 0.465 e. The Morgan fingerprint density at radius 3 is 2.41 bits per heavy atom. The number of esters is 1. The molecule has 0 amide bonds. The van der Waals surface area contributed by atoms with Gasteiger partial charge in [0.1, 0.15) is 17.5 Å². The summed E-state index contributed by atoms with van der Waals surface area (Å²) in [6, 6.07) is 17.5. The topological polar surface area (TPSA) is 103 Å². The molecular weight excluding hydrogens is 435 g/mol. The highest BCUT2D eigenvalue weighted by molar-refractivity contribution is 7.52. The number of carbonyl (C=O) groups is 1. The van der Waals surface area contributed by atoms with Crippen LogP contribution in [0.2, 0.25) is 0 Å². The average Bonchev–Trinajstić information content (AvgIpc) is 2.79. The first-order valence-corrected chi connectivity index (χ1v) is 11.4. The van der Waals surface area contributed by atoms with E-state index in [2.05, 4.69) is 9.92 Å². The summed E-state index contributed by atoms with van der Waals surface area (Å²) in [5.74, 6) is -0.127. The molecule has 0 radical (unpaired) electrons. The van der Waals surface area contributed by atoms with Crippen molar-refractivity contribution in [2.24, 2.45) is 0 Å². The van der Waals surface area contributed by atoms with Gasteiger partial charge in [-0.2, -0.15) is 5.09 Å². The molecule has 1 N–H and O–H groups in total. The summed E-state index contributed by atoms with van der Waals surface area (Å²) >= 11 is 0. The molecule has 0 aromatic heterocycles. The van der Waals surface area contributed by atoms with Gasteiger partial charge in [0, 0.05) is 17.5 Å². The van der Waals surface area contributed by atoms with Crippen molar-refractivity contribution < 1.29 is 32.9 Å². The number of nitrogens with one attached hydrogen (secondary N) is 1. The van der Waals surface area contributed by atoms with E-state index in [1.165, 1.54) is 38.3 Å². The highest BCUT2D eigenvalue weighted by Gasteiger charge is 2.34. The molecular formula is C22H24N2O7P+. The number of nitrogens with zero attached hydrogens (tertiary/aromatic N) is 1. The van der Waals surface area contributed by atoms with Crippen LogP contribution < -0.4 is 14.1 Å². The first-order valence-electron chi connectivity index (χ1n) is 9.88. The molecule has 2 atom stereocenters. The highest BCUT2D eigenvalue weighted by atomic mass is 31.2. The van der Waals surface area contributed by atoms with Gasteiger partial charge in [-0.1, -0.05) is 36.4 Å². The van der Waals surface area contributed by atoms with Crippen LogP contribution in [0.25, 0.3) is 10.8 Å². The highest BCUT2D eigenvalue weighted by Crippen LogP contribution is 2.47. The fraction of sp³-hybridized carbons (Fsp3) is 0.227. The fourth-order valence-corrected chi connectivity index (χ4v) is 4.45. The maximum Gasteiger partial charge on any atom is 0.513 e. The van der Waals surface area contributed by atoms with Gasteiger partial charge in [-0.05, 0) is 37.4 Å². The van der Waals surface area contributed by atoms with Crippen LogP contribution in [0, 0.1) is 4.91 Å². The van der Waals surface area contributed by atoms with Gasteiger partial charge in [-0.25, -0.2) is 9.40 Å². The molecule has 0 saturated heterocycles. The Morgan fingerprint density at radius 1 is 1.03 bits per heavy atom. The first kappa shape index (κ1) is 23.2. The molecule has 3 aromatic rings. The van der Waals surface area contributed by atoms with Crippen molar-refractivity contribution in [2.75, 3.05) is 13.7 Å². The second kappa shape index (κ2) is 10.3.